The monoisotopic (exact) mass is 722 g/mol. The number of aliphatic carboxylic acids is 1. The highest BCUT2D eigenvalue weighted by atomic mass is 16.5. The van der Waals surface area contributed by atoms with E-state index in [1.165, 1.54) is 0 Å². The number of rotatable bonds is 32. The minimum Gasteiger partial charge on any atom is -0.480 e. The first-order chi connectivity index (χ1) is 25.3. The van der Waals surface area contributed by atoms with Crippen LogP contribution in [-0.4, -0.2) is 59.3 Å². The summed E-state index contributed by atoms with van der Waals surface area (Å²) in [6.45, 7) is 3.20. The zero-order valence-electron chi connectivity index (χ0n) is 31.8. The molecule has 4 N–H and O–H groups in total. The summed E-state index contributed by atoms with van der Waals surface area (Å²) in [4.78, 5) is 47.3. The molecule has 290 valence electrons. The fourth-order valence-corrected chi connectivity index (χ4v) is 4.64. The Morgan fingerprint density at radius 1 is 0.615 bits per heavy atom. The average molecular weight is 723 g/mol. The minimum atomic E-state index is -1.40. The summed E-state index contributed by atoms with van der Waals surface area (Å²) in [5.41, 5.74) is 0. The van der Waals surface area contributed by atoms with E-state index in [4.69, 9.17) is 14.9 Å². The van der Waals surface area contributed by atoms with Crippen molar-refractivity contribution >= 4 is 23.8 Å². The van der Waals surface area contributed by atoms with E-state index in [2.05, 4.69) is 103 Å². The van der Waals surface area contributed by atoms with E-state index in [1.807, 2.05) is 18.2 Å². The van der Waals surface area contributed by atoms with Gasteiger partial charge in [0.25, 0.3) is 0 Å². The van der Waals surface area contributed by atoms with Crippen LogP contribution in [0.3, 0.4) is 0 Å². The standard InChI is InChI=1S/C43H66N2O7/c1-3-5-7-9-11-12-13-14-15-16-17-18-19-20-21-22-23-25-31-35-42(49)52-38(32-28-24-10-8-6-4-2)33-29-26-27-30-34-40(47)44-36-41(48)45-39(37-46)43(50)51/h5,7-8,10-12,14-15,17-18,20-21,23,25,28,32,38-39,46H,3-4,6,9,13,16,19,22,24,26-27,29-31,33-37H2,1-2H3,(H,44,47)(H,45,48)(H,50,51)/b7-5-,10-8-,12-11-,15-14-,18-17-,21-20-,25-23-,32-28-. The van der Waals surface area contributed by atoms with Crippen molar-refractivity contribution in [1.82, 2.24) is 10.6 Å². The molecule has 0 aliphatic rings. The van der Waals surface area contributed by atoms with Crippen molar-refractivity contribution in [2.45, 2.75) is 135 Å². The number of ether oxygens (including phenoxy) is 1. The van der Waals surface area contributed by atoms with E-state index in [1.54, 1.807) is 0 Å². The number of carboxylic acid groups (broad SMARTS) is 1. The Hall–Kier alpha value is -4.24. The van der Waals surface area contributed by atoms with Gasteiger partial charge in [-0.3, -0.25) is 14.4 Å². The van der Waals surface area contributed by atoms with Crippen LogP contribution in [0.4, 0.5) is 0 Å². The van der Waals surface area contributed by atoms with Gasteiger partial charge in [-0.05, 0) is 83.1 Å². The average Bonchev–Trinajstić information content (AvgIpc) is 3.13. The first-order valence-electron chi connectivity index (χ1n) is 19.1. The van der Waals surface area contributed by atoms with E-state index < -0.39 is 24.5 Å². The van der Waals surface area contributed by atoms with Gasteiger partial charge in [0.1, 0.15) is 12.1 Å². The lowest BCUT2D eigenvalue weighted by molar-refractivity contribution is -0.147. The van der Waals surface area contributed by atoms with Crippen molar-refractivity contribution in [2.75, 3.05) is 13.2 Å². The summed E-state index contributed by atoms with van der Waals surface area (Å²) in [5.74, 6) is -2.55. The second-order valence-corrected chi connectivity index (χ2v) is 12.3. The zero-order chi connectivity index (χ0) is 38.3. The maximum Gasteiger partial charge on any atom is 0.328 e. The van der Waals surface area contributed by atoms with Gasteiger partial charge in [0.15, 0.2) is 0 Å². The third-order valence-corrected chi connectivity index (χ3v) is 7.54. The van der Waals surface area contributed by atoms with Crippen LogP contribution in [0, 0.1) is 0 Å². The van der Waals surface area contributed by atoms with Gasteiger partial charge in [-0.1, -0.05) is 124 Å². The zero-order valence-corrected chi connectivity index (χ0v) is 31.8. The molecule has 0 heterocycles. The largest absolute Gasteiger partial charge is 0.480 e. The molecule has 0 bridgehead atoms. The number of esters is 1. The Bertz CT molecular complexity index is 1190. The minimum absolute atomic E-state index is 0.218. The maximum absolute atomic E-state index is 12.6. The van der Waals surface area contributed by atoms with Gasteiger partial charge in [-0.25, -0.2) is 4.79 Å². The first kappa shape index (κ1) is 47.8. The molecule has 52 heavy (non-hydrogen) atoms. The quantitative estimate of drug-likeness (QED) is 0.0309. The normalized spacial score (nSPS) is 13.6. The highest BCUT2D eigenvalue weighted by Crippen LogP contribution is 2.13. The summed E-state index contributed by atoms with van der Waals surface area (Å²) in [6, 6.07) is -1.40. The number of unbranched alkanes of at least 4 members (excludes halogenated alkanes) is 4. The van der Waals surface area contributed by atoms with E-state index in [-0.39, 0.29) is 30.9 Å². The second kappa shape index (κ2) is 36.5. The highest BCUT2D eigenvalue weighted by Gasteiger charge is 2.18. The maximum atomic E-state index is 12.6. The van der Waals surface area contributed by atoms with Gasteiger partial charge >= 0.3 is 11.9 Å². The molecule has 0 radical (unpaired) electrons. The molecule has 2 atom stereocenters. The van der Waals surface area contributed by atoms with Crippen LogP contribution in [0.25, 0.3) is 0 Å². The van der Waals surface area contributed by atoms with Gasteiger partial charge in [0, 0.05) is 12.8 Å². The van der Waals surface area contributed by atoms with E-state index >= 15 is 0 Å². The summed E-state index contributed by atoms with van der Waals surface area (Å²) >= 11 is 0. The number of carbonyl (C=O) groups excluding carboxylic acids is 3. The molecule has 0 aliphatic carbocycles. The van der Waals surface area contributed by atoms with Gasteiger partial charge in [-0.15, -0.1) is 0 Å². The van der Waals surface area contributed by atoms with Crippen molar-refractivity contribution in [3.05, 3.63) is 97.2 Å². The third-order valence-electron chi connectivity index (χ3n) is 7.54. The lowest BCUT2D eigenvalue weighted by atomic mass is 10.1. The molecule has 0 fully saturated rings. The molecule has 0 spiro atoms. The SMILES string of the molecule is CC/C=C\C/C=C\C/C=C\C/C=C\C/C=C\C/C=C\CCC(=O)OC(/C=C\C/C=C\CCC)CCCCCCC(=O)NCC(=O)NC(CO)C(=O)O. The summed E-state index contributed by atoms with van der Waals surface area (Å²) < 4.78 is 5.79. The predicted molar refractivity (Wildman–Crippen MR) is 212 cm³/mol. The first-order valence-corrected chi connectivity index (χ1v) is 19.1. The van der Waals surface area contributed by atoms with Crippen LogP contribution in [0.2, 0.25) is 0 Å². The number of aliphatic hydroxyl groups is 1. The van der Waals surface area contributed by atoms with Crippen LogP contribution >= 0.6 is 0 Å². The van der Waals surface area contributed by atoms with Crippen LogP contribution < -0.4 is 10.6 Å². The Balaban J connectivity index is 4.36. The predicted octanol–water partition coefficient (Wildman–Crippen LogP) is 8.70. The van der Waals surface area contributed by atoms with Crippen LogP contribution in [0.15, 0.2) is 97.2 Å². The van der Waals surface area contributed by atoms with Crippen molar-refractivity contribution in [2.24, 2.45) is 0 Å². The number of hydrogen-bond acceptors (Lipinski definition) is 6. The molecule has 9 nitrogen and oxygen atoms in total. The van der Waals surface area contributed by atoms with Crippen LogP contribution in [0.1, 0.15) is 123 Å². The lowest BCUT2D eigenvalue weighted by Crippen LogP contribution is -2.47. The summed E-state index contributed by atoms with van der Waals surface area (Å²) in [6.07, 6.45) is 47.6. The number of allylic oxidation sites excluding steroid dienone is 15. The fraction of sp³-hybridized carbons (Fsp3) is 0.535. The van der Waals surface area contributed by atoms with E-state index in [0.717, 1.165) is 77.0 Å². The van der Waals surface area contributed by atoms with Crippen molar-refractivity contribution in [3.63, 3.8) is 0 Å². The van der Waals surface area contributed by atoms with Gasteiger partial charge < -0.3 is 25.6 Å². The molecule has 0 aromatic carbocycles. The second-order valence-electron chi connectivity index (χ2n) is 12.3. The third kappa shape index (κ3) is 32.9. The van der Waals surface area contributed by atoms with Crippen molar-refractivity contribution in [3.8, 4) is 0 Å². The van der Waals surface area contributed by atoms with Crippen LogP contribution in [0.5, 0.6) is 0 Å². The Kier molecular flexibility index (Phi) is 33.6. The topological polar surface area (TPSA) is 142 Å². The summed E-state index contributed by atoms with van der Waals surface area (Å²) in [7, 11) is 0. The smallest absolute Gasteiger partial charge is 0.328 e. The molecule has 0 rings (SSSR count). The number of hydrogen-bond donors (Lipinski definition) is 4. The van der Waals surface area contributed by atoms with Gasteiger partial charge in [0.2, 0.25) is 11.8 Å². The number of amides is 2. The number of nitrogens with one attached hydrogen (secondary N) is 2. The van der Waals surface area contributed by atoms with Crippen LogP contribution in [-0.2, 0) is 23.9 Å². The molecule has 2 unspecified atom stereocenters. The molecule has 9 heteroatoms. The molecular weight excluding hydrogens is 656 g/mol. The van der Waals surface area contributed by atoms with E-state index in [9.17, 15) is 19.2 Å². The fourth-order valence-electron chi connectivity index (χ4n) is 4.64. The Labute approximate surface area is 313 Å². The number of carbonyl (C=O) groups is 4. The summed E-state index contributed by atoms with van der Waals surface area (Å²) in [5, 5.41) is 22.4. The lowest BCUT2D eigenvalue weighted by Gasteiger charge is -2.14. The number of aliphatic hydroxyl groups excluding tert-OH is 1. The Morgan fingerprint density at radius 3 is 1.67 bits per heavy atom. The van der Waals surface area contributed by atoms with Crippen molar-refractivity contribution in [1.29, 1.82) is 0 Å². The highest BCUT2D eigenvalue weighted by molar-refractivity contribution is 5.87. The molecular formula is C43H66N2O7. The molecule has 2 amide bonds. The van der Waals surface area contributed by atoms with Crippen molar-refractivity contribution < 1.29 is 34.1 Å². The molecule has 0 aromatic rings. The molecule has 0 saturated carbocycles. The number of carboxylic acids is 1. The van der Waals surface area contributed by atoms with Gasteiger partial charge in [0.05, 0.1) is 13.2 Å². The Morgan fingerprint density at radius 2 is 1.13 bits per heavy atom. The van der Waals surface area contributed by atoms with Gasteiger partial charge in [-0.2, -0.15) is 0 Å². The molecule has 0 aromatic heterocycles. The molecule has 0 saturated heterocycles. The molecule has 0 aliphatic heterocycles. The van der Waals surface area contributed by atoms with E-state index in [0.29, 0.717) is 25.7 Å².